The summed E-state index contributed by atoms with van der Waals surface area (Å²) in [7, 11) is 0. The van der Waals surface area contributed by atoms with Crippen LogP contribution in [0, 0.1) is 0 Å². The number of amides is 1. The highest BCUT2D eigenvalue weighted by atomic mass is 35.5. The summed E-state index contributed by atoms with van der Waals surface area (Å²) in [6.07, 6.45) is 2.96. The average molecular weight is 235 g/mol. The van der Waals surface area contributed by atoms with Gasteiger partial charge in [0, 0.05) is 12.4 Å². The normalized spacial score (nSPS) is 11.1. The van der Waals surface area contributed by atoms with Crippen molar-refractivity contribution in [2.24, 2.45) is 0 Å². The van der Waals surface area contributed by atoms with E-state index in [4.69, 9.17) is 23.2 Å². The van der Waals surface area contributed by atoms with Crippen LogP contribution in [-0.2, 0) is 4.84 Å². The Morgan fingerprint density at radius 3 is 2.86 bits per heavy atom. The Labute approximate surface area is 91.1 Å². The number of hydrogen-bond acceptors (Lipinski definition) is 3. The summed E-state index contributed by atoms with van der Waals surface area (Å²) in [6.45, 7) is 1.39. The van der Waals surface area contributed by atoms with Gasteiger partial charge in [-0.05, 0) is 19.1 Å². The fourth-order valence-electron chi connectivity index (χ4n) is 0.692. The first-order chi connectivity index (χ1) is 6.49. The zero-order chi connectivity index (χ0) is 10.6. The lowest BCUT2D eigenvalue weighted by Gasteiger charge is -2.13. The summed E-state index contributed by atoms with van der Waals surface area (Å²) >= 11 is 11.0. The molecule has 1 aromatic rings. The van der Waals surface area contributed by atoms with E-state index in [0.29, 0.717) is 5.56 Å². The third-order valence-corrected chi connectivity index (χ3v) is 1.40. The molecule has 0 radical (unpaired) electrons. The van der Waals surface area contributed by atoms with Crippen molar-refractivity contribution in [3.05, 3.63) is 30.1 Å². The molecule has 0 saturated heterocycles. The fraction of sp³-hybridized carbons (Fsp3) is 0.250. The Morgan fingerprint density at radius 2 is 2.36 bits per heavy atom. The van der Waals surface area contributed by atoms with E-state index in [1.807, 2.05) is 0 Å². The number of pyridine rings is 1. The number of nitrogens with one attached hydrogen (secondary N) is 1. The van der Waals surface area contributed by atoms with Gasteiger partial charge in [0.25, 0.3) is 5.91 Å². The molecule has 0 bridgehead atoms. The molecule has 0 aliphatic rings. The minimum absolute atomic E-state index is 0.366. The van der Waals surface area contributed by atoms with Crippen molar-refractivity contribution < 1.29 is 9.63 Å². The van der Waals surface area contributed by atoms with Crippen molar-refractivity contribution >= 4 is 29.1 Å². The van der Waals surface area contributed by atoms with E-state index in [2.05, 4.69) is 15.3 Å². The molecule has 0 aliphatic heterocycles. The van der Waals surface area contributed by atoms with E-state index in [-0.39, 0.29) is 0 Å². The largest absolute Gasteiger partial charge is 0.276 e. The van der Waals surface area contributed by atoms with Crippen LogP contribution in [0.1, 0.15) is 17.3 Å². The van der Waals surface area contributed by atoms with Gasteiger partial charge in [0.1, 0.15) is 0 Å². The number of rotatable bonds is 3. The molecule has 1 rings (SSSR count). The molecule has 4 nitrogen and oxygen atoms in total. The van der Waals surface area contributed by atoms with Crippen molar-refractivity contribution in [1.82, 2.24) is 10.5 Å². The topological polar surface area (TPSA) is 51.2 Å². The van der Waals surface area contributed by atoms with E-state index in [0.717, 1.165) is 0 Å². The number of aromatic nitrogens is 1. The second kappa shape index (κ2) is 4.59. The number of alkyl halides is 2. The number of nitrogens with zero attached hydrogens (tertiary/aromatic N) is 1. The fourth-order valence-corrected chi connectivity index (χ4v) is 0.769. The van der Waals surface area contributed by atoms with Crippen LogP contribution < -0.4 is 5.48 Å². The molecule has 1 heterocycles. The van der Waals surface area contributed by atoms with Crippen molar-refractivity contribution in [2.75, 3.05) is 0 Å². The van der Waals surface area contributed by atoms with Crippen LogP contribution in [0.4, 0.5) is 0 Å². The van der Waals surface area contributed by atoms with E-state index < -0.39 is 10.4 Å². The molecule has 1 amide bonds. The van der Waals surface area contributed by atoms with Crippen molar-refractivity contribution in [2.45, 2.75) is 11.4 Å². The van der Waals surface area contributed by atoms with Gasteiger partial charge in [0.2, 0.25) is 4.52 Å². The first-order valence-corrected chi connectivity index (χ1v) is 4.51. The first-order valence-electron chi connectivity index (χ1n) is 3.75. The lowest BCUT2D eigenvalue weighted by atomic mass is 10.3. The molecule has 6 heteroatoms. The Hall–Kier alpha value is -0.840. The minimum atomic E-state index is -1.45. The molecule has 0 spiro atoms. The molecule has 14 heavy (non-hydrogen) atoms. The van der Waals surface area contributed by atoms with Crippen LogP contribution >= 0.6 is 23.2 Å². The third kappa shape index (κ3) is 3.91. The maximum absolute atomic E-state index is 11.3. The zero-order valence-electron chi connectivity index (χ0n) is 7.33. The first kappa shape index (κ1) is 11.2. The van der Waals surface area contributed by atoms with Crippen molar-refractivity contribution in [3.63, 3.8) is 0 Å². The van der Waals surface area contributed by atoms with Gasteiger partial charge >= 0.3 is 0 Å². The van der Waals surface area contributed by atoms with Gasteiger partial charge in [-0.2, -0.15) is 0 Å². The molecule has 0 fully saturated rings. The average Bonchev–Trinajstić information content (AvgIpc) is 2.14. The monoisotopic (exact) mass is 234 g/mol. The van der Waals surface area contributed by atoms with Crippen LogP contribution in [0.3, 0.4) is 0 Å². The van der Waals surface area contributed by atoms with Crippen LogP contribution in [-0.4, -0.2) is 15.4 Å². The van der Waals surface area contributed by atoms with Gasteiger partial charge < -0.3 is 0 Å². The summed E-state index contributed by atoms with van der Waals surface area (Å²) in [5, 5.41) is 0. The molecular formula is C8H8Cl2N2O2. The van der Waals surface area contributed by atoms with Crippen LogP contribution in [0.2, 0.25) is 0 Å². The maximum Gasteiger partial charge on any atom is 0.276 e. The molecule has 0 saturated carbocycles. The molecule has 0 aliphatic carbocycles. The highest BCUT2D eigenvalue weighted by Crippen LogP contribution is 2.19. The smallest absolute Gasteiger partial charge is 0.267 e. The van der Waals surface area contributed by atoms with Crippen molar-refractivity contribution in [1.29, 1.82) is 0 Å². The standard InChI is InChI=1S/C8H8Cl2N2O2/c1-8(9,10)14-12-7(13)6-3-2-4-11-5-6/h2-5H,1H3,(H,12,13). The van der Waals surface area contributed by atoms with Gasteiger partial charge in [-0.1, -0.05) is 23.2 Å². The highest BCUT2D eigenvalue weighted by Gasteiger charge is 2.19. The number of hydrogen-bond donors (Lipinski definition) is 1. The van der Waals surface area contributed by atoms with Gasteiger partial charge in [-0.15, -0.1) is 0 Å². The number of hydroxylamine groups is 1. The highest BCUT2D eigenvalue weighted by molar-refractivity contribution is 6.46. The van der Waals surface area contributed by atoms with Crippen LogP contribution in [0.25, 0.3) is 0 Å². The van der Waals surface area contributed by atoms with Gasteiger partial charge in [0.15, 0.2) is 0 Å². The third-order valence-electron chi connectivity index (χ3n) is 1.25. The van der Waals surface area contributed by atoms with Crippen LogP contribution in [0.15, 0.2) is 24.5 Å². The number of carbonyl (C=O) groups is 1. The van der Waals surface area contributed by atoms with Crippen molar-refractivity contribution in [3.8, 4) is 0 Å². The zero-order valence-corrected chi connectivity index (χ0v) is 8.84. The molecular weight excluding hydrogens is 227 g/mol. The Morgan fingerprint density at radius 1 is 1.64 bits per heavy atom. The predicted molar refractivity (Wildman–Crippen MR) is 52.9 cm³/mol. The van der Waals surface area contributed by atoms with E-state index in [1.165, 1.54) is 13.1 Å². The second-order valence-corrected chi connectivity index (χ2v) is 4.22. The molecule has 0 aromatic carbocycles. The van der Waals surface area contributed by atoms with Gasteiger partial charge in [0.05, 0.1) is 5.56 Å². The van der Waals surface area contributed by atoms with E-state index in [9.17, 15) is 4.79 Å². The summed E-state index contributed by atoms with van der Waals surface area (Å²) in [5.41, 5.74) is 2.46. The Kier molecular flexibility index (Phi) is 3.69. The second-order valence-electron chi connectivity index (χ2n) is 2.58. The number of carbonyl (C=O) groups excluding carboxylic acids is 1. The Balaban J connectivity index is 2.52. The Bertz CT molecular complexity index is 311. The molecule has 1 N–H and O–H groups in total. The molecule has 0 unspecified atom stereocenters. The number of halogens is 2. The van der Waals surface area contributed by atoms with Gasteiger partial charge in [-0.25, -0.2) is 10.3 Å². The lowest BCUT2D eigenvalue weighted by molar-refractivity contribution is 0.00669. The lowest BCUT2D eigenvalue weighted by Crippen LogP contribution is -2.30. The van der Waals surface area contributed by atoms with E-state index >= 15 is 0 Å². The van der Waals surface area contributed by atoms with Crippen LogP contribution in [0.5, 0.6) is 0 Å². The molecule has 76 valence electrons. The summed E-state index contributed by atoms with van der Waals surface area (Å²) in [6, 6.07) is 3.22. The summed E-state index contributed by atoms with van der Waals surface area (Å²) in [4.78, 5) is 19.7. The predicted octanol–water partition coefficient (Wildman–Crippen LogP) is 1.89. The molecule has 1 aromatic heterocycles. The summed E-state index contributed by atoms with van der Waals surface area (Å²) in [5.74, 6) is -0.453. The van der Waals surface area contributed by atoms with E-state index in [1.54, 1.807) is 18.3 Å². The quantitative estimate of drug-likeness (QED) is 0.642. The SMILES string of the molecule is CC(Cl)(Cl)ONC(=O)c1cccnc1. The van der Waals surface area contributed by atoms with Gasteiger partial charge in [-0.3, -0.25) is 9.78 Å². The maximum atomic E-state index is 11.3. The molecule has 0 atom stereocenters. The minimum Gasteiger partial charge on any atom is -0.267 e. The summed E-state index contributed by atoms with van der Waals surface area (Å²) < 4.78 is -1.45.